The summed E-state index contributed by atoms with van der Waals surface area (Å²) < 4.78 is 5.20. The molecule has 0 aliphatic rings. The van der Waals surface area contributed by atoms with E-state index in [1.54, 1.807) is 18.2 Å². The molecule has 0 fully saturated rings. The molecule has 0 atom stereocenters. The van der Waals surface area contributed by atoms with Crippen LogP contribution in [0.1, 0.15) is 5.56 Å². The van der Waals surface area contributed by atoms with Gasteiger partial charge < -0.3 is 21.5 Å². The molecule has 0 bridgehead atoms. The number of hydrogen-bond acceptors (Lipinski definition) is 3. The summed E-state index contributed by atoms with van der Waals surface area (Å²) in [4.78, 5) is 14.8. The summed E-state index contributed by atoms with van der Waals surface area (Å²) in [5.41, 5.74) is 11.6. The van der Waals surface area contributed by atoms with Crippen LogP contribution in [-0.2, 0) is 11.3 Å². The highest BCUT2D eigenvalue weighted by atomic mass is 127. The van der Waals surface area contributed by atoms with E-state index in [2.05, 4.69) is 16.9 Å². The van der Waals surface area contributed by atoms with Crippen LogP contribution in [0.2, 0.25) is 0 Å². The number of nitrogens with zero attached hydrogens (tertiary/aromatic N) is 1. The molecule has 1 aromatic carbocycles. The number of benzene rings is 1. The molecule has 20 heavy (non-hydrogen) atoms. The average molecular weight is 390 g/mol. The SMILES string of the molecule is C=CCNC(N)=NCc1cccc(OCC(N)=O)c1.I. The van der Waals surface area contributed by atoms with E-state index in [1.165, 1.54) is 0 Å². The molecule has 0 aliphatic heterocycles. The van der Waals surface area contributed by atoms with Gasteiger partial charge in [-0.2, -0.15) is 0 Å². The quantitative estimate of drug-likeness (QED) is 0.277. The number of halogens is 1. The Morgan fingerprint density at radius 2 is 2.20 bits per heavy atom. The minimum atomic E-state index is -0.513. The Morgan fingerprint density at radius 3 is 2.85 bits per heavy atom. The van der Waals surface area contributed by atoms with Crippen LogP contribution < -0.4 is 21.5 Å². The highest BCUT2D eigenvalue weighted by molar-refractivity contribution is 14.0. The Labute approximate surface area is 135 Å². The number of carbonyl (C=O) groups is 1. The molecule has 1 rings (SSSR count). The van der Waals surface area contributed by atoms with Gasteiger partial charge in [0.15, 0.2) is 12.6 Å². The van der Waals surface area contributed by atoms with Crippen LogP contribution >= 0.6 is 24.0 Å². The van der Waals surface area contributed by atoms with E-state index in [9.17, 15) is 4.79 Å². The zero-order valence-electron chi connectivity index (χ0n) is 11.0. The molecule has 0 saturated heterocycles. The van der Waals surface area contributed by atoms with Gasteiger partial charge in [0.2, 0.25) is 0 Å². The number of amides is 1. The lowest BCUT2D eigenvalue weighted by atomic mass is 10.2. The van der Waals surface area contributed by atoms with Gasteiger partial charge in [-0.3, -0.25) is 4.79 Å². The van der Waals surface area contributed by atoms with Crippen LogP contribution in [-0.4, -0.2) is 25.0 Å². The Kier molecular flexibility index (Phi) is 9.18. The van der Waals surface area contributed by atoms with Crippen LogP contribution in [0.4, 0.5) is 0 Å². The minimum Gasteiger partial charge on any atom is -0.484 e. The number of primary amides is 1. The molecule has 1 aromatic rings. The highest BCUT2D eigenvalue weighted by Gasteiger charge is 1.99. The second kappa shape index (κ2) is 10.1. The topological polar surface area (TPSA) is 103 Å². The fourth-order valence-corrected chi connectivity index (χ4v) is 1.30. The van der Waals surface area contributed by atoms with Crippen molar-refractivity contribution in [2.45, 2.75) is 6.54 Å². The van der Waals surface area contributed by atoms with Gasteiger partial charge in [-0.1, -0.05) is 18.2 Å². The van der Waals surface area contributed by atoms with E-state index < -0.39 is 5.91 Å². The number of nitrogens with two attached hydrogens (primary N) is 2. The van der Waals surface area contributed by atoms with Gasteiger partial charge in [-0.15, -0.1) is 30.6 Å². The zero-order valence-corrected chi connectivity index (χ0v) is 13.4. The average Bonchev–Trinajstić information content (AvgIpc) is 2.41. The highest BCUT2D eigenvalue weighted by Crippen LogP contribution is 2.13. The minimum absolute atomic E-state index is 0. The number of rotatable bonds is 7. The molecule has 0 aromatic heterocycles. The van der Waals surface area contributed by atoms with Gasteiger partial charge in [0.1, 0.15) is 5.75 Å². The van der Waals surface area contributed by atoms with Crippen molar-refractivity contribution in [3.8, 4) is 5.75 Å². The van der Waals surface area contributed by atoms with Gasteiger partial charge in [0.05, 0.1) is 6.54 Å². The number of nitrogens with one attached hydrogen (secondary N) is 1. The second-order valence-electron chi connectivity index (χ2n) is 3.77. The smallest absolute Gasteiger partial charge is 0.255 e. The van der Waals surface area contributed by atoms with E-state index in [-0.39, 0.29) is 30.6 Å². The van der Waals surface area contributed by atoms with Crippen molar-refractivity contribution in [3.05, 3.63) is 42.5 Å². The summed E-state index contributed by atoms with van der Waals surface area (Å²) in [6.45, 7) is 4.41. The first kappa shape index (κ1) is 18.2. The molecule has 0 saturated carbocycles. The molecular weight excluding hydrogens is 371 g/mol. The predicted octanol–water partition coefficient (Wildman–Crippen LogP) is 0.759. The molecule has 0 radical (unpaired) electrons. The van der Waals surface area contributed by atoms with Crippen molar-refractivity contribution in [1.82, 2.24) is 5.32 Å². The normalized spacial score (nSPS) is 10.3. The largest absolute Gasteiger partial charge is 0.484 e. The molecule has 5 N–H and O–H groups in total. The van der Waals surface area contributed by atoms with Gasteiger partial charge in [-0.05, 0) is 17.7 Å². The molecule has 0 spiro atoms. The van der Waals surface area contributed by atoms with Crippen LogP contribution in [0, 0.1) is 0 Å². The first-order valence-corrected chi connectivity index (χ1v) is 5.76. The van der Waals surface area contributed by atoms with Crippen LogP contribution in [0.25, 0.3) is 0 Å². The Balaban J connectivity index is 0.00000361. The van der Waals surface area contributed by atoms with E-state index >= 15 is 0 Å². The third-order valence-electron chi connectivity index (χ3n) is 2.14. The van der Waals surface area contributed by atoms with E-state index in [1.807, 2.05) is 12.1 Å². The Bertz CT molecular complexity index is 477. The number of aliphatic imine (C=N–C) groups is 1. The third-order valence-corrected chi connectivity index (χ3v) is 2.14. The van der Waals surface area contributed by atoms with Crippen molar-refractivity contribution in [3.63, 3.8) is 0 Å². The molecule has 0 heterocycles. The lowest BCUT2D eigenvalue weighted by Crippen LogP contribution is -2.31. The van der Waals surface area contributed by atoms with E-state index in [0.717, 1.165) is 5.56 Å². The third kappa shape index (κ3) is 7.62. The van der Waals surface area contributed by atoms with Gasteiger partial charge in [0, 0.05) is 6.54 Å². The molecule has 110 valence electrons. The maximum Gasteiger partial charge on any atom is 0.255 e. The lowest BCUT2D eigenvalue weighted by molar-refractivity contribution is -0.119. The van der Waals surface area contributed by atoms with Gasteiger partial charge >= 0.3 is 0 Å². The van der Waals surface area contributed by atoms with E-state index in [4.69, 9.17) is 16.2 Å². The van der Waals surface area contributed by atoms with Crippen molar-refractivity contribution in [2.24, 2.45) is 16.5 Å². The number of carbonyl (C=O) groups excluding carboxylic acids is 1. The summed E-state index contributed by atoms with van der Waals surface area (Å²) in [5.74, 6) is 0.411. The van der Waals surface area contributed by atoms with Gasteiger partial charge in [0.25, 0.3) is 5.91 Å². The fraction of sp³-hybridized carbons (Fsp3) is 0.231. The summed E-state index contributed by atoms with van der Waals surface area (Å²) in [7, 11) is 0. The van der Waals surface area contributed by atoms with Crippen molar-refractivity contribution < 1.29 is 9.53 Å². The lowest BCUT2D eigenvalue weighted by Gasteiger charge is -2.06. The molecule has 7 heteroatoms. The van der Waals surface area contributed by atoms with Crippen LogP contribution in [0.3, 0.4) is 0 Å². The standard InChI is InChI=1S/C13H18N4O2.HI/c1-2-6-16-13(15)17-8-10-4-3-5-11(7-10)19-9-12(14)18;/h2-5,7H,1,6,8-9H2,(H2,14,18)(H3,15,16,17);1H. The first-order chi connectivity index (χ1) is 9.11. The monoisotopic (exact) mass is 390 g/mol. The second-order valence-corrected chi connectivity index (χ2v) is 3.77. The summed E-state index contributed by atoms with van der Waals surface area (Å²) in [6, 6.07) is 7.23. The summed E-state index contributed by atoms with van der Waals surface area (Å²) >= 11 is 0. The van der Waals surface area contributed by atoms with E-state index in [0.29, 0.717) is 24.8 Å². The van der Waals surface area contributed by atoms with Gasteiger partial charge in [-0.25, -0.2) is 4.99 Å². The first-order valence-electron chi connectivity index (χ1n) is 5.76. The molecule has 6 nitrogen and oxygen atoms in total. The van der Waals surface area contributed by atoms with Crippen molar-refractivity contribution >= 4 is 35.8 Å². The summed E-state index contributed by atoms with van der Waals surface area (Å²) in [5, 5.41) is 2.87. The predicted molar refractivity (Wildman–Crippen MR) is 90.1 cm³/mol. The van der Waals surface area contributed by atoms with Crippen LogP contribution in [0.15, 0.2) is 41.9 Å². The van der Waals surface area contributed by atoms with Crippen molar-refractivity contribution in [2.75, 3.05) is 13.2 Å². The van der Waals surface area contributed by atoms with Crippen LogP contribution in [0.5, 0.6) is 5.75 Å². The molecule has 1 amide bonds. The molecule has 0 unspecified atom stereocenters. The Hall–Kier alpha value is -1.77. The fourth-order valence-electron chi connectivity index (χ4n) is 1.30. The maximum absolute atomic E-state index is 10.6. The maximum atomic E-state index is 10.6. The van der Waals surface area contributed by atoms with Crippen molar-refractivity contribution in [1.29, 1.82) is 0 Å². The number of hydrogen-bond donors (Lipinski definition) is 3. The molecule has 0 aliphatic carbocycles. The zero-order chi connectivity index (χ0) is 14.1. The molecular formula is C13H19IN4O2. The number of guanidine groups is 1. The number of ether oxygens (including phenoxy) is 1. The summed E-state index contributed by atoms with van der Waals surface area (Å²) in [6.07, 6.45) is 1.70. The Morgan fingerprint density at radius 1 is 1.45 bits per heavy atom.